The van der Waals surface area contributed by atoms with E-state index in [4.69, 9.17) is 0 Å². The van der Waals surface area contributed by atoms with Crippen molar-refractivity contribution in [3.63, 3.8) is 0 Å². The van der Waals surface area contributed by atoms with Crippen LogP contribution in [0.15, 0.2) is 12.3 Å². The Morgan fingerprint density at radius 2 is 2.27 bits per heavy atom. The molecule has 0 fully saturated rings. The second-order valence-corrected chi connectivity index (χ2v) is 2.94. The molecule has 62 valence electrons. The quantitative estimate of drug-likeness (QED) is 0.604. The summed E-state index contributed by atoms with van der Waals surface area (Å²) in [4.78, 5) is 0. The highest BCUT2D eigenvalue weighted by Crippen LogP contribution is 2.02. The molecule has 0 amide bonds. The zero-order valence-corrected chi connectivity index (χ0v) is 7.38. The number of aryl methyl sites for hydroxylation is 2. The maximum atomic E-state index is 4.30. The van der Waals surface area contributed by atoms with E-state index in [0.717, 1.165) is 6.42 Å². The van der Waals surface area contributed by atoms with Gasteiger partial charge in [-0.2, -0.15) is 5.10 Å². The van der Waals surface area contributed by atoms with Crippen LogP contribution in [0.2, 0.25) is 0 Å². The molecule has 0 aliphatic heterocycles. The average molecular weight is 152 g/mol. The molecule has 0 unspecified atom stereocenters. The number of unbranched alkanes of at least 4 members (excludes halogenated alkanes) is 2. The van der Waals surface area contributed by atoms with Crippen molar-refractivity contribution >= 4 is 0 Å². The molecule has 0 aliphatic carbocycles. The molecule has 11 heavy (non-hydrogen) atoms. The van der Waals surface area contributed by atoms with E-state index in [1.165, 1.54) is 25.0 Å². The fourth-order valence-electron chi connectivity index (χ4n) is 1.15. The van der Waals surface area contributed by atoms with Gasteiger partial charge >= 0.3 is 0 Å². The van der Waals surface area contributed by atoms with E-state index >= 15 is 0 Å². The van der Waals surface area contributed by atoms with E-state index in [9.17, 15) is 0 Å². The second-order valence-electron chi connectivity index (χ2n) is 2.94. The van der Waals surface area contributed by atoms with Crippen LogP contribution < -0.4 is 0 Å². The Kier molecular flexibility index (Phi) is 3.14. The van der Waals surface area contributed by atoms with Gasteiger partial charge in [-0.15, -0.1) is 0 Å². The van der Waals surface area contributed by atoms with Crippen molar-refractivity contribution in [2.45, 2.75) is 32.6 Å². The Morgan fingerprint density at radius 3 is 2.82 bits per heavy atom. The fourth-order valence-corrected chi connectivity index (χ4v) is 1.15. The first-order valence-electron chi connectivity index (χ1n) is 4.31. The van der Waals surface area contributed by atoms with Gasteiger partial charge in [-0.3, -0.25) is 4.68 Å². The Labute approximate surface area is 68.2 Å². The van der Waals surface area contributed by atoms with Gasteiger partial charge in [0.05, 0.1) is 5.69 Å². The van der Waals surface area contributed by atoms with Gasteiger partial charge in [-0.25, -0.2) is 0 Å². The summed E-state index contributed by atoms with van der Waals surface area (Å²) in [5.74, 6) is 0. The van der Waals surface area contributed by atoms with Crippen molar-refractivity contribution in [1.82, 2.24) is 9.78 Å². The average Bonchev–Trinajstić information content (AvgIpc) is 2.37. The van der Waals surface area contributed by atoms with Crippen molar-refractivity contribution in [1.29, 1.82) is 0 Å². The van der Waals surface area contributed by atoms with Gasteiger partial charge in [0.2, 0.25) is 0 Å². The van der Waals surface area contributed by atoms with Crippen LogP contribution in [0.4, 0.5) is 0 Å². The first-order valence-corrected chi connectivity index (χ1v) is 4.31. The SMILES string of the molecule is CCCCCc1ccn(C)n1. The molecule has 1 aromatic rings. The molecule has 1 heterocycles. The molecule has 0 spiro atoms. The zero-order chi connectivity index (χ0) is 8.10. The van der Waals surface area contributed by atoms with Crippen LogP contribution in [0.3, 0.4) is 0 Å². The Hall–Kier alpha value is -0.790. The van der Waals surface area contributed by atoms with Gasteiger partial charge in [0.1, 0.15) is 0 Å². The highest BCUT2D eigenvalue weighted by molar-refractivity contribution is 4.98. The topological polar surface area (TPSA) is 17.8 Å². The van der Waals surface area contributed by atoms with Crippen molar-refractivity contribution in [2.24, 2.45) is 7.05 Å². The summed E-state index contributed by atoms with van der Waals surface area (Å²) in [6.45, 7) is 2.22. The minimum Gasteiger partial charge on any atom is -0.276 e. The maximum absolute atomic E-state index is 4.30. The summed E-state index contributed by atoms with van der Waals surface area (Å²) < 4.78 is 1.86. The predicted molar refractivity (Wildman–Crippen MR) is 46.4 cm³/mol. The van der Waals surface area contributed by atoms with E-state index in [0.29, 0.717) is 0 Å². The molecule has 0 N–H and O–H groups in total. The van der Waals surface area contributed by atoms with Crippen LogP contribution in [-0.2, 0) is 13.5 Å². The van der Waals surface area contributed by atoms with Crippen LogP contribution in [0.1, 0.15) is 31.9 Å². The van der Waals surface area contributed by atoms with Gasteiger partial charge in [0.25, 0.3) is 0 Å². The summed E-state index contributed by atoms with van der Waals surface area (Å²) in [5, 5.41) is 4.30. The normalized spacial score (nSPS) is 10.4. The predicted octanol–water partition coefficient (Wildman–Crippen LogP) is 2.15. The molecule has 1 aromatic heterocycles. The van der Waals surface area contributed by atoms with E-state index < -0.39 is 0 Å². The lowest BCUT2D eigenvalue weighted by Gasteiger charge is -1.93. The molecule has 0 atom stereocenters. The lowest BCUT2D eigenvalue weighted by atomic mass is 10.2. The van der Waals surface area contributed by atoms with Crippen molar-refractivity contribution < 1.29 is 0 Å². The Morgan fingerprint density at radius 1 is 1.45 bits per heavy atom. The number of aromatic nitrogens is 2. The lowest BCUT2D eigenvalue weighted by Crippen LogP contribution is -1.91. The summed E-state index contributed by atoms with van der Waals surface area (Å²) in [6.07, 6.45) is 7.01. The molecule has 0 saturated heterocycles. The minimum absolute atomic E-state index is 1.13. The Balaban J connectivity index is 2.27. The van der Waals surface area contributed by atoms with Gasteiger partial charge in [-0.05, 0) is 18.9 Å². The van der Waals surface area contributed by atoms with Crippen LogP contribution >= 0.6 is 0 Å². The largest absolute Gasteiger partial charge is 0.276 e. The highest BCUT2D eigenvalue weighted by atomic mass is 15.2. The van der Waals surface area contributed by atoms with E-state index in [-0.39, 0.29) is 0 Å². The van der Waals surface area contributed by atoms with E-state index in [2.05, 4.69) is 18.1 Å². The van der Waals surface area contributed by atoms with Gasteiger partial charge in [0.15, 0.2) is 0 Å². The number of nitrogens with zero attached hydrogens (tertiary/aromatic N) is 2. The van der Waals surface area contributed by atoms with Crippen LogP contribution in [0, 0.1) is 0 Å². The van der Waals surface area contributed by atoms with E-state index in [1.54, 1.807) is 0 Å². The molecule has 0 radical (unpaired) electrons. The van der Waals surface area contributed by atoms with Crippen molar-refractivity contribution in [3.8, 4) is 0 Å². The summed E-state index contributed by atoms with van der Waals surface area (Å²) >= 11 is 0. The van der Waals surface area contributed by atoms with Crippen molar-refractivity contribution in [2.75, 3.05) is 0 Å². The summed E-state index contributed by atoms with van der Waals surface area (Å²) in [7, 11) is 1.96. The number of hydrogen-bond donors (Lipinski definition) is 0. The number of hydrogen-bond acceptors (Lipinski definition) is 1. The van der Waals surface area contributed by atoms with Crippen LogP contribution in [0.5, 0.6) is 0 Å². The van der Waals surface area contributed by atoms with Gasteiger partial charge < -0.3 is 0 Å². The van der Waals surface area contributed by atoms with Crippen molar-refractivity contribution in [3.05, 3.63) is 18.0 Å². The molecular weight excluding hydrogens is 136 g/mol. The molecular formula is C9H16N2. The molecule has 0 aromatic carbocycles. The third-order valence-corrected chi connectivity index (χ3v) is 1.81. The molecule has 1 rings (SSSR count). The monoisotopic (exact) mass is 152 g/mol. The second kappa shape index (κ2) is 4.16. The van der Waals surface area contributed by atoms with Crippen LogP contribution in [-0.4, -0.2) is 9.78 Å². The third kappa shape index (κ3) is 2.74. The first kappa shape index (κ1) is 8.31. The van der Waals surface area contributed by atoms with Crippen LogP contribution in [0.25, 0.3) is 0 Å². The number of rotatable bonds is 4. The molecule has 0 saturated carbocycles. The lowest BCUT2D eigenvalue weighted by molar-refractivity contribution is 0.682. The first-order chi connectivity index (χ1) is 5.33. The Bertz CT molecular complexity index is 203. The molecule has 2 nitrogen and oxygen atoms in total. The summed E-state index contributed by atoms with van der Waals surface area (Å²) in [6, 6.07) is 2.09. The minimum atomic E-state index is 1.13. The standard InChI is InChI=1S/C9H16N2/c1-3-4-5-6-9-7-8-11(2)10-9/h7-8H,3-6H2,1-2H3. The summed E-state index contributed by atoms with van der Waals surface area (Å²) in [5.41, 5.74) is 1.22. The van der Waals surface area contributed by atoms with Gasteiger partial charge in [-0.1, -0.05) is 19.8 Å². The maximum Gasteiger partial charge on any atom is 0.0624 e. The fraction of sp³-hybridized carbons (Fsp3) is 0.667. The smallest absolute Gasteiger partial charge is 0.0624 e. The van der Waals surface area contributed by atoms with E-state index in [1.807, 2.05) is 17.9 Å². The van der Waals surface area contributed by atoms with Gasteiger partial charge in [0, 0.05) is 13.2 Å². The molecule has 0 aliphatic rings. The molecule has 2 heteroatoms. The third-order valence-electron chi connectivity index (χ3n) is 1.81. The zero-order valence-electron chi connectivity index (χ0n) is 7.38. The molecule has 0 bridgehead atoms. The highest BCUT2D eigenvalue weighted by Gasteiger charge is 1.94.